The van der Waals surface area contributed by atoms with Crippen LogP contribution in [0.5, 0.6) is 0 Å². The monoisotopic (exact) mass is 268 g/mol. The standard InChI is InChI=1S/C15H28N2O2/c1-12(2)7-9-19-10-8-17-14(18)11-16-15(17)13-5-3-4-6-13/h12-13,15-16H,3-11H2,1-2H3. The van der Waals surface area contributed by atoms with Crippen molar-refractivity contribution in [2.45, 2.75) is 52.1 Å². The van der Waals surface area contributed by atoms with E-state index in [2.05, 4.69) is 19.2 Å². The molecule has 0 aromatic carbocycles. The van der Waals surface area contributed by atoms with Crippen LogP contribution in [0, 0.1) is 11.8 Å². The second-order valence-electron chi connectivity index (χ2n) is 6.25. The number of hydrogen-bond donors (Lipinski definition) is 1. The van der Waals surface area contributed by atoms with Gasteiger partial charge in [0.2, 0.25) is 5.91 Å². The molecule has 0 aromatic rings. The van der Waals surface area contributed by atoms with Crippen LogP contribution in [0.25, 0.3) is 0 Å². The van der Waals surface area contributed by atoms with Gasteiger partial charge in [-0.25, -0.2) is 0 Å². The van der Waals surface area contributed by atoms with Crippen LogP contribution >= 0.6 is 0 Å². The van der Waals surface area contributed by atoms with Crippen molar-refractivity contribution in [3.8, 4) is 0 Å². The maximum absolute atomic E-state index is 11.9. The highest BCUT2D eigenvalue weighted by molar-refractivity contribution is 5.80. The highest BCUT2D eigenvalue weighted by atomic mass is 16.5. The summed E-state index contributed by atoms with van der Waals surface area (Å²) in [5.41, 5.74) is 0. The van der Waals surface area contributed by atoms with Crippen LogP contribution in [0.3, 0.4) is 0 Å². The minimum atomic E-state index is 0.240. The van der Waals surface area contributed by atoms with Crippen molar-refractivity contribution in [3.63, 3.8) is 0 Å². The Bertz CT molecular complexity index is 288. The van der Waals surface area contributed by atoms with Gasteiger partial charge in [-0.3, -0.25) is 10.1 Å². The Kier molecular flexibility index (Phi) is 5.64. The summed E-state index contributed by atoms with van der Waals surface area (Å²) in [6.45, 7) is 7.13. The van der Waals surface area contributed by atoms with Gasteiger partial charge in [0, 0.05) is 13.2 Å². The van der Waals surface area contributed by atoms with Crippen molar-refractivity contribution in [1.29, 1.82) is 0 Å². The van der Waals surface area contributed by atoms with Crippen LogP contribution in [0.4, 0.5) is 0 Å². The largest absolute Gasteiger partial charge is 0.380 e. The Hall–Kier alpha value is -0.610. The predicted molar refractivity (Wildman–Crippen MR) is 75.7 cm³/mol. The molecule has 1 N–H and O–H groups in total. The van der Waals surface area contributed by atoms with Crippen molar-refractivity contribution in [2.24, 2.45) is 11.8 Å². The number of amides is 1. The maximum atomic E-state index is 11.9. The van der Waals surface area contributed by atoms with Crippen LogP contribution in [-0.4, -0.2) is 43.3 Å². The molecule has 2 fully saturated rings. The van der Waals surface area contributed by atoms with E-state index < -0.39 is 0 Å². The summed E-state index contributed by atoms with van der Waals surface area (Å²) in [4.78, 5) is 13.9. The Morgan fingerprint density at radius 3 is 2.74 bits per heavy atom. The third kappa shape index (κ3) is 4.18. The van der Waals surface area contributed by atoms with Crippen LogP contribution in [0.1, 0.15) is 46.0 Å². The molecule has 1 aliphatic carbocycles. The summed E-state index contributed by atoms with van der Waals surface area (Å²) in [5, 5.41) is 3.38. The van der Waals surface area contributed by atoms with Crippen LogP contribution in [0.15, 0.2) is 0 Å². The molecule has 1 unspecified atom stereocenters. The molecule has 0 bridgehead atoms. The highest BCUT2D eigenvalue weighted by Crippen LogP contribution is 2.30. The third-order valence-electron chi connectivity index (χ3n) is 4.28. The van der Waals surface area contributed by atoms with Gasteiger partial charge in [0.05, 0.1) is 19.3 Å². The van der Waals surface area contributed by atoms with Crippen molar-refractivity contribution in [1.82, 2.24) is 10.2 Å². The zero-order valence-corrected chi connectivity index (χ0v) is 12.4. The lowest BCUT2D eigenvalue weighted by molar-refractivity contribution is -0.129. The van der Waals surface area contributed by atoms with Crippen LogP contribution < -0.4 is 5.32 Å². The molecule has 0 radical (unpaired) electrons. The molecule has 4 heteroatoms. The fourth-order valence-corrected chi connectivity index (χ4v) is 3.10. The normalized spacial score (nSPS) is 24.9. The molecule has 1 aliphatic heterocycles. The Balaban J connectivity index is 1.71. The lowest BCUT2D eigenvalue weighted by Gasteiger charge is -2.29. The van der Waals surface area contributed by atoms with Crippen molar-refractivity contribution in [3.05, 3.63) is 0 Å². The second-order valence-corrected chi connectivity index (χ2v) is 6.25. The fraction of sp³-hybridized carbons (Fsp3) is 0.933. The van der Waals surface area contributed by atoms with E-state index in [-0.39, 0.29) is 12.1 Å². The zero-order chi connectivity index (χ0) is 13.7. The Labute approximate surface area is 116 Å². The summed E-state index contributed by atoms with van der Waals surface area (Å²) in [5.74, 6) is 1.58. The van der Waals surface area contributed by atoms with Crippen LogP contribution in [0.2, 0.25) is 0 Å². The molecular formula is C15H28N2O2. The SMILES string of the molecule is CC(C)CCOCCN1C(=O)CNC1C1CCCC1. The average molecular weight is 268 g/mol. The van der Waals surface area contributed by atoms with Crippen molar-refractivity contribution < 1.29 is 9.53 Å². The molecule has 110 valence electrons. The summed E-state index contributed by atoms with van der Waals surface area (Å²) >= 11 is 0. The minimum absolute atomic E-state index is 0.240. The minimum Gasteiger partial charge on any atom is -0.380 e. The van der Waals surface area contributed by atoms with E-state index >= 15 is 0 Å². The molecule has 2 aliphatic rings. The van der Waals surface area contributed by atoms with E-state index in [0.29, 0.717) is 25.0 Å². The van der Waals surface area contributed by atoms with Gasteiger partial charge < -0.3 is 9.64 Å². The molecule has 0 spiro atoms. The first-order chi connectivity index (χ1) is 9.18. The van der Waals surface area contributed by atoms with E-state index in [1.807, 2.05) is 4.90 Å². The molecular weight excluding hydrogens is 240 g/mol. The summed E-state index contributed by atoms with van der Waals surface area (Å²) in [7, 11) is 0. The fourth-order valence-electron chi connectivity index (χ4n) is 3.10. The predicted octanol–water partition coefficient (Wildman–Crippen LogP) is 2.00. The molecule has 2 rings (SSSR count). The van der Waals surface area contributed by atoms with Gasteiger partial charge in [0.15, 0.2) is 0 Å². The topological polar surface area (TPSA) is 41.6 Å². The third-order valence-corrected chi connectivity index (χ3v) is 4.28. The van der Waals surface area contributed by atoms with Crippen LogP contribution in [-0.2, 0) is 9.53 Å². The Morgan fingerprint density at radius 1 is 1.32 bits per heavy atom. The first-order valence-corrected chi connectivity index (χ1v) is 7.79. The van der Waals surface area contributed by atoms with Gasteiger partial charge in [-0.05, 0) is 31.1 Å². The number of carbonyl (C=O) groups is 1. The molecule has 0 aromatic heterocycles. The number of nitrogens with one attached hydrogen (secondary N) is 1. The number of rotatable bonds is 7. The van der Waals surface area contributed by atoms with Gasteiger partial charge in [-0.1, -0.05) is 26.7 Å². The lowest BCUT2D eigenvalue weighted by atomic mass is 10.0. The second kappa shape index (κ2) is 7.25. The number of carbonyl (C=O) groups excluding carboxylic acids is 1. The molecule has 1 saturated heterocycles. The maximum Gasteiger partial charge on any atom is 0.237 e. The molecule has 4 nitrogen and oxygen atoms in total. The van der Waals surface area contributed by atoms with E-state index in [0.717, 1.165) is 19.6 Å². The van der Waals surface area contributed by atoms with E-state index in [4.69, 9.17) is 4.74 Å². The highest BCUT2D eigenvalue weighted by Gasteiger charge is 2.36. The van der Waals surface area contributed by atoms with E-state index in [9.17, 15) is 4.79 Å². The van der Waals surface area contributed by atoms with Gasteiger partial charge in [-0.15, -0.1) is 0 Å². The van der Waals surface area contributed by atoms with E-state index in [1.54, 1.807) is 0 Å². The van der Waals surface area contributed by atoms with Crippen molar-refractivity contribution in [2.75, 3.05) is 26.3 Å². The Morgan fingerprint density at radius 2 is 2.05 bits per heavy atom. The number of nitrogens with zero attached hydrogens (tertiary/aromatic N) is 1. The van der Waals surface area contributed by atoms with E-state index in [1.165, 1.54) is 25.7 Å². The number of ether oxygens (including phenoxy) is 1. The average Bonchev–Trinajstić information content (AvgIpc) is 2.98. The van der Waals surface area contributed by atoms with Gasteiger partial charge >= 0.3 is 0 Å². The quantitative estimate of drug-likeness (QED) is 0.718. The molecule has 19 heavy (non-hydrogen) atoms. The smallest absolute Gasteiger partial charge is 0.237 e. The van der Waals surface area contributed by atoms with Gasteiger partial charge in [-0.2, -0.15) is 0 Å². The molecule has 1 atom stereocenters. The summed E-state index contributed by atoms with van der Waals surface area (Å²) in [6, 6.07) is 0. The molecule has 1 saturated carbocycles. The van der Waals surface area contributed by atoms with Gasteiger partial charge in [0.1, 0.15) is 0 Å². The first-order valence-electron chi connectivity index (χ1n) is 7.79. The lowest BCUT2D eigenvalue weighted by Crippen LogP contribution is -2.44. The van der Waals surface area contributed by atoms with Crippen molar-refractivity contribution >= 4 is 5.91 Å². The first kappa shape index (κ1) is 14.8. The molecule has 1 amide bonds. The van der Waals surface area contributed by atoms with Gasteiger partial charge in [0.25, 0.3) is 0 Å². The number of hydrogen-bond acceptors (Lipinski definition) is 3. The summed E-state index contributed by atoms with van der Waals surface area (Å²) in [6.07, 6.45) is 6.51. The molecule has 1 heterocycles. The summed E-state index contributed by atoms with van der Waals surface area (Å²) < 4.78 is 5.64. The zero-order valence-electron chi connectivity index (χ0n) is 12.4.